The highest BCUT2D eigenvalue weighted by Gasteiger charge is 2.30. The lowest BCUT2D eigenvalue weighted by atomic mass is 9.95. The quantitative estimate of drug-likeness (QED) is 0.158. The molecule has 0 aliphatic carbocycles. The number of pyridine rings is 4. The van der Waals surface area contributed by atoms with E-state index < -0.39 is 0 Å². The summed E-state index contributed by atoms with van der Waals surface area (Å²) in [7, 11) is 17.4. The Labute approximate surface area is 437 Å². The van der Waals surface area contributed by atoms with Gasteiger partial charge in [0.05, 0.1) is 30.4 Å². The maximum absolute atomic E-state index is 2.36. The van der Waals surface area contributed by atoms with Gasteiger partial charge in [-0.15, -0.1) is 0 Å². The van der Waals surface area contributed by atoms with Crippen LogP contribution in [-0.4, -0.2) is 18.3 Å². The smallest absolute Gasteiger partial charge is 0.289 e. The average Bonchev–Trinajstić information content (AvgIpc) is 3.95. The van der Waals surface area contributed by atoms with Gasteiger partial charge in [-0.3, -0.25) is 0 Å². The van der Waals surface area contributed by atoms with Crippen LogP contribution in [0.2, 0.25) is 0 Å². The molecule has 0 amide bonds. The number of nitrogens with zero attached hydrogens (tertiary/aromatic N) is 8. The minimum atomic E-state index is 0.557. The third-order valence-corrected chi connectivity index (χ3v) is 18.3. The van der Waals surface area contributed by atoms with E-state index >= 15 is 0 Å². The van der Waals surface area contributed by atoms with Crippen molar-refractivity contribution in [3.63, 3.8) is 0 Å². The van der Waals surface area contributed by atoms with Gasteiger partial charge in [-0.25, -0.2) is 18.3 Å². The summed E-state index contributed by atoms with van der Waals surface area (Å²) in [6, 6.07) is 0. The maximum Gasteiger partial charge on any atom is 0.289 e. The van der Waals surface area contributed by atoms with Gasteiger partial charge in [0.1, 0.15) is 43.6 Å². The van der Waals surface area contributed by atoms with E-state index in [0.29, 0.717) is 23.7 Å². The molecule has 0 aliphatic rings. The van der Waals surface area contributed by atoms with Crippen LogP contribution >= 0.6 is 0 Å². The van der Waals surface area contributed by atoms with Crippen LogP contribution in [-0.2, 0) is 56.4 Å². The van der Waals surface area contributed by atoms with Crippen molar-refractivity contribution in [1.29, 1.82) is 0 Å². The van der Waals surface area contributed by atoms with E-state index in [4.69, 9.17) is 0 Å². The van der Waals surface area contributed by atoms with Crippen LogP contribution in [0.3, 0.4) is 0 Å². The second-order valence-electron chi connectivity index (χ2n) is 23.2. The Hall–Kier alpha value is -5.24. The molecular weight excluding hydrogens is 881 g/mol. The van der Waals surface area contributed by atoms with E-state index in [-0.39, 0.29) is 0 Å². The molecule has 0 saturated carbocycles. The summed E-state index contributed by atoms with van der Waals surface area (Å²) in [5, 5.41) is 4.38. The zero-order chi connectivity index (χ0) is 55.1. The van der Waals surface area contributed by atoms with E-state index in [1.165, 1.54) is 156 Å². The summed E-state index contributed by atoms with van der Waals surface area (Å²) in [6.45, 7) is 54.0. The van der Waals surface area contributed by atoms with Crippen molar-refractivity contribution in [2.75, 3.05) is 0 Å². The van der Waals surface area contributed by atoms with Crippen molar-refractivity contribution < 1.29 is 18.3 Å². The first-order valence-corrected chi connectivity index (χ1v) is 26.9. The highest BCUT2D eigenvalue weighted by Crippen LogP contribution is 2.37. The summed E-state index contributed by atoms with van der Waals surface area (Å²) in [6.07, 6.45) is 0. The molecule has 8 aromatic rings. The van der Waals surface area contributed by atoms with Crippen LogP contribution in [0, 0.1) is 111 Å². The Balaban J connectivity index is 0.000000178. The van der Waals surface area contributed by atoms with Crippen LogP contribution < -0.4 is 18.3 Å². The predicted molar refractivity (Wildman–Crippen MR) is 309 cm³/mol. The Morgan fingerprint density at radius 2 is 0.625 bits per heavy atom. The second kappa shape index (κ2) is 20.9. The molecule has 0 spiro atoms. The molecule has 8 nitrogen and oxygen atoms in total. The van der Waals surface area contributed by atoms with Crippen LogP contribution in [0.4, 0.5) is 0 Å². The van der Waals surface area contributed by atoms with Crippen LogP contribution in [0.25, 0.3) is 43.9 Å². The molecule has 0 aliphatic heterocycles. The van der Waals surface area contributed by atoms with Gasteiger partial charge in [0.25, 0.3) is 5.65 Å². The zero-order valence-corrected chi connectivity index (χ0v) is 51.9. The first-order chi connectivity index (χ1) is 33.1. The number of aryl methyl sites for hydroxylation is 12. The Morgan fingerprint density at radius 3 is 1.11 bits per heavy atom. The van der Waals surface area contributed by atoms with Gasteiger partial charge in [-0.05, 0) is 128 Å². The molecule has 0 saturated heterocycles. The van der Waals surface area contributed by atoms with Crippen molar-refractivity contribution >= 4 is 43.9 Å². The van der Waals surface area contributed by atoms with Gasteiger partial charge in [-0.1, -0.05) is 55.4 Å². The van der Waals surface area contributed by atoms with Crippen LogP contribution in [0.5, 0.6) is 0 Å². The van der Waals surface area contributed by atoms with E-state index in [1.54, 1.807) is 0 Å². The molecular formula is C64H100N8+4. The van der Waals surface area contributed by atoms with Crippen molar-refractivity contribution in [2.45, 2.75) is 190 Å². The fraction of sp³-hybridized carbons (Fsp3) is 0.562. The highest BCUT2D eigenvalue weighted by molar-refractivity contribution is 5.91. The lowest BCUT2D eigenvalue weighted by Gasteiger charge is -2.10. The average molecular weight is 982 g/mol. The standard InChI is InChI=1S/4C16H25N2/c1-9(2)14-12(5)18(8)16-10(3)11(4)17(7)13(6)15(14)16;1-9(2)14-12(5)18(8)16-13(6)17(7)11(4)10(3)15(14)16;1-9(2)14-13(6)18(8)15-11(4)10(3)12(5)17(7)16(14)15;1-9(2)14-13(6)18(8)16-15(14)11(4)10(3)12(5)17(16)7/h4*9H,1-8H3/q4*+1. The number of rotatable bonds is 4. The Kier molecular flexibility index (Phi) is 16.8. The molecule has 8 heterocycles. The summed E-state index contributed by atoms with van der Waals surface area (Å²) >= 11 is 0. The minimum Gasteiger partial charge on any atom is -0.347 e. The third kappa shape index (κ3) is 9.03. The van der Waals surface area contributed by atoms with E-state index in [0.717, 1.165) is 0 Å². The van der Waals surface area contributed by atoms with Gasteiger partial charge >= 0.3 is 0 Å². The molecule has 0 bridgehead atoms. The molecule has 0 fully saturated rings. The van der Waals surface area contributed by atoms with Crippen molar-refractivity contribution in [3.05, 3.63) is 113 Å². The Morgan fingerprint density at radius 1 is 0.278 bits per heavy atom. The first kappa shape index (κ1) is 57.7. The fourth-order valence-electron chi connectivity index (χ4n) is 12.6. The largest absolute Gasteiger partial charge is 0.347 e. The van der Waals surface area contributed by atoms with Crippen molar-refractivity contribution in [1.82, 2.24) is 18.3 Å². The summed E-state index contributed by atoms with van der Waals surface area (Å²) in [5.41, 5.74) is 35.2. The SMILES string of the molecule is Cc1c(C)[n+](C)c(C)c2c(C(C)C)c(C)n(C)c12.Cc1c(C)[n+](C)c(C)c2c1c(C(C)C)c(C)n2C.Cc1c(C)c2c(C(C)C)c(C)n(C)c2[n+](C)c1C.Cc1c(C)c2c(c(C(C)C)c(C)n2C)[n+](C)c1C. The highest BCUT2D eigenvalue weighted by atomic mass is 15.1. The number of fused-ring (bicyclic) bond motifs is 4. The Bertz CT molecular complexity index is 2980. The molecule has 0 N–H and O–H groups in total. The minimum absolute atomic E-state index is 0.557. The number of hydrogen-bond donors (Lipinski definition) is 0. The molecule has 8 heteroatoms. The monoisotopic (exact) mass is 981 g/mol. The predicted octanol–water partition coefficient (Wildman–Crippen LogP) is 13.4. The molecule has 0 atom stereocenters. The normalized spacial score (nSPS) is 11.8. The zero-order valence-electron chi connectivity index (χ0n) is 51.9. The summed E-state index contributed by atoms with van der Waals surface area (Å²) in [4.78, 5) is 0. The first-order valence-electron chi connectivity index (χ1n) is 26.9. The number of aromatic nitrogens is 8. The van der Waals surface area contributed by atoms with Crippen molar-refractivity contribution in [2.24, 2.45) is 56.4 Å². The molecule has 8 rings (SSSR count). The van der Waals surface area contributed by atoms with Gasteiger partial charge in [-0.2, -0.15) is 4.57 Å². The second-order valence-corrected chi connectivity index (χ2v) is 23.2. The fourth-order valence-corrected chi connectivity index (χ4v) is 12.6. The lowest BCUT2D eigenvalue weighted by Crippen LogP contribution is -2.37. The summed E-state index contributed by atoms with van der Waals surface area (Å²) in [5.74, 6) is 2.25. The van der Waals surface area contributed by atoms with Crippen LogP contribution in [0.1, 0.15) is 192 Å². The van der Waals surface area contributed by atoms with Gasteiger partial charge < -0.3 is 13.7 Å². The van der Waals surface area contributed by atoms with E-state index in [9.17, 15) is 0 Å². The summed E-state index contributed by atoms with van der Waals surface area (Å²) < 4.78 is 18.7. The molecule has 0 aromatic carbocycles. The van der Waals surface area contributed by atoms with E-state index in [1.807, 2.05) is 0 Å². The third-order valence-electron chi connectivity index (χ3n) is 18.3. The van der Waals surface area contributed by atoms with Crippen LogP contribution in [0.15, 0.2) is 0 Å². The number of hydrogen-bond acceptors (Lipinski definition) is 0. The molecule has 0 unspecified atom stereocenters. The van der Waals surface area contributed by atoms with Gasteiger partial charge in [0.15, 0.2) is 22.8 Å². The van der Waals surface area contributed by atoms with Gasteiger partial charge in [0.2, 0.25) is 11.2 Å². The molecule has 0 radical (unpaired) electrons. The topological polar surface area (TPSA) is 35.2 Å². The lowest BCUT2D eigenvalue weighted by molar-refractivity contribution is -0.682. The molecule has 72 heavy (non-hydrogen) atoms. The molecule has 392 valence electrons. The molecule has 8 aromatic heterocycles. The van der Waals surface area contributed by atoms with Gasteiger partial charge in [0, 0.05) is 106 Å². The van der Waals surface area contributed by atoms with Crippen molar-refractivity contribution in [3.8, 4) is 0 Å². The van der Waals surface area contributed by atoms with E-state index in [2.05, 4.69) is 259 Å². The maximum atomic E-state index is 2.36.